The highest BCUT2D eigenvalue weighted by Gasteiger charge is 2.34. The first-order chi connectivity index (χ1) is 6.48. The molecule has 0 bridgehead atoms. The Balaban J connectivity index is 3.02. The number of thioether (sulfide) groups is 1. The zero-order chi connectivity index (χ0) is 10.8. The average Bonchev–Trinajstić information content (AvgIpc) is 2.17. The molecule has 4 heteroatoms. The lowest BCUT2D eigenvalue weighted by Gasteiger charge is -2.15. The summed E-state index contributed by atoms with van der Waals surface area (Å²) in [5.41, 5.74) is -2.14. The molecule has 1 aromatic rings. The minimum absolute atomic E-state index is 0.169. The Labute approximate surface area is 86.1 Å². The molecule has 1 rings (SSSR count). The maximum Gasteiger partial charge on any atom is 0.345 e. The van der Waals surface area contributed by atoms with Crippen molar-refractivity contribution in [3.8, 4) is 0 Å². The van der Waals surface area contributed by atoms with Crippen LogP contribution in [0.4, 0.5) is 4.39 Å². The number of carboxylic acid groups (broad SMARTS) is 1. The number of halogens is 1. The van der Waals surface area contributed by atoms with Crippen LogP contribution in [0, 0.1) is 0 Å². The Hall–Kier alpha value is -1.03. The van der Waals surface area contributed by atoms with Crippen molar-refractivity contribution in [2.24, 2.45) is 0 Å². The largest absolute Gasteiger partial charge is 0.479 e. The Morgan fingerprint density at radius 3 is 2.29 bits per heavy atom. The maximum atomic E-state index is 13.6. The van der Waals surface area contributed by atoms with Crippen LogP contribution in [-0.2, 0) is 10.5 Å². The van der Waals surface area contributed by atoms with E-state index in [0.717, 1.165) is 11.8 Å². The normalized spacial score (nSPS) is 14.8. The number of hydrogen-bond donors (Lipinski definition) is 1. The molecule has 0 spiro atoms. The van der Waals surface area contributed by atoms with Gasteiger partial charge in [0.15, 0.2) is 0 Å². The fourth-order valence-electron chi connectivity index (χ4n) is 1.03. The van der Waals surface area contributed by atoms with Crippen molar-refractivity contribution in [1.29, 1.82) is 0 Å². The topological polar surface area (TPSA) is 37.3 Å². The minimum Gasteiger partial charge on any atom is -0.479 e. The van der Waals surface area contributed by atoms with Crippen LogP contribution in [0.1, 0.15) is 12.5 Å². The average molecular weight is 214 g/mol. The van der Waals surface area contributed by atoms with Gasteiger partial charge in [0.25, 0.3) is 0 Å². The van der Waals surface area contributed by atoms with Crippen molar-refractivity contribution in [3.63, 3.8) is 0 Å². The molecule has 1 aromatic carbocycles. The summed E-state index contributed by atoms with van der Waals surface area (Å²) in [7, 11) is 0. The van der Waals surface area contributed by atoms with Gasteiger partial charge >= 0.3 is 5.97 Å². The number of alkyl halides is 1. The third-order valence-corrected chi connectivity index (χ3v) is 2.78. The maximum absolute atomic E-state index is 13.6. The lowest BCUT2D eigenvalue weighted by molar-refractivity contribution is -0.150. The van der Waals surface area contributed by atoms with Gasteiger partial charge in [-0.25, -0.2) is 9.18 Å². The second kappa shape index (κ2) is 4.00. The van der Waals surface area contributed by atoms with Crippen LogP contribution in [0.25, 0.3) is 0 Å². The Morgan fingerprint density at radius 1 is 1.43 bits per heavy atom. The second-order valence-electron chi connectivity index (χ2n) is 3.04. The lowest BCUT2D eigenvalue weighted by Crippen LogP contribution is -2.26. The van der Waals surface area contributed by atoms with Crippen LogP contribution in [-0.4, -0.2) is 17.3 Å². The zero-order valence-corrected chi connectivity index (χ0v) is 8.77. The summed E-state index contributed by atoms with van der Waals surface area (Å²) >= 11 is 1.53. The quantitative estimate of drug-likeness (QED) is 0.786. The first-order valence-electron chi connectivity index (χ1n) is 4.05. The van der Waals surface area contributed by atoms with E-state index in [1.54, 1.807) is 12.1 Å². The summed E-state index contributed by atoms with van der Waals surface area (Å²) in [6, 6.07) is 6.42. The summed E-state index contributed by atoms with van der Waals surface area (Å²) in [6.45, 7) is 1.05. The van der Waals surface area contributed by atoms with Gasteiger partial charge in [0.2, 0.25) is 5.67 Å². The van der Waals surface area contributed by atoms with E-state index in [1.807, 2.05) is 6.26 Å². The second-order valence-corrected chi connectivity index (χ2v) is 3.92. The fourth-order valence-corrected chi connectivity index (χ4v) is 1.44. The highest BCUT2D eigenvalue weighted by Crippen LogP contribution is 2.27. The molecule has 14 heavy (non-hydrogen) atoms. The van der Waals surface area contributed by atoms with E-state index in [9.17, 15) is 9.18 Å². The standard InChI is InChI=1S/C10H11FO2S/c1-10(11,9(12)13)7-3-5-8(14-2)6-4-7/h3-6H,1-2H3,(H,12,13). The Kier molecular flexibility index (Phi) is 3.16. The molecule has 1 N–H and O–H groups in total. The zero-order valence-electron chi connectivity index (χ0n) is 7.95. The van der Waals surface area contributed by atoms with Gasteiger partial charge in [-0.1, -0.05) is 12.1 Å². The molecule has 0 saturated heterocycles. The molecule has 0 radical (unpaired) electrons. The predicted octanol–water partition coefficient (Wildman–Crippen LogP) is 2.68. The number of carbonyl (C=O) groups is 1. The smallest absolute Gasteiger partial charge is 0.345 e. The Bertz CT molecular complexity index is 332. The van der Waals surface area contributed by atoms with Crippen molar-refractivity contribution in [1.82, 2.24) is 0 Å². The third kappa shape index (κ3) is 2.07. The molecule has 2 nitrogen and oxygen atoms in total. The first-order valence-corrected chi connectivity index (χ1v) is 5.28. The molecule has 0 aromatic heterocycles. The van der Waals surface area contributed by atoms with E-state index < -0.39 is 11.6 Å². The van der Waals surface area contributed by atoms with E-state index in [2.05, 4.69) is 0 Å². The van der Waals surface area contributed by atoms with E-state index in [-0.39, 0.29) is 5.56 Å². The monoisotopic (exact) mass is 214 g/mol. The summed E-state index contributed by atoms with van der Waals surface area (Å²) in [5.74, 6) is -1.46. The Morgan fingerprint density at radius 2 is 1.93 bits per heavy atom. The van der Waals surface area contributed by atoms with Gasteiger partial charge in [-0.15, -0.1) is 11.8 Å². The molecule has 0 heterocycles. The molecule has 76 valence electrons. The van der Waals surface area contributed by atoms with E-state index in [4.69, 9.17) is 5.11 Å². The molecule has 0 fully saturated rings. The molecule has 1 unspecified atom stereocenters. The number of benzene rings is 1. The van der Waals surface area contributed by atoms with E-state index in [0.29, 0.717) is 0 Å². The summed E-state index contributed by atoms with van der Waals surface area (Å²) in [6.07, 6.45) is 1.90. The molecular weight excluding hydrogens is 203 g/mol. The molecule has 0 aliphatic carbocycles. The van der Waals surface area contributed by atoms with E-state index >= 15 is 0 Å². The van der Waals surface area contributed by atoms with Gasteiger partial charge in [0, 0.05) is 10.5 Å². The van der Waals surface area contributed by atoms with Crippen molar-refractivity contribution in [2.75, 3.05) is 6.26 Å². The molecule has 0 aliphatic heterocycles. The summed E-state index contributed by atoms with van der Waals surface area (Å²) in [5, 5.41) is 8.64. The number of carboxylic acids is 1. The van der Waals surface area contributed by atoms with Gasteiger partial charge in [0.1, 0.15) is 0 Å². The van der Waals surface area contributed by atoms with Crippen LogP contribution in [0.5, 0.6) is 0 Å². The van der Waals surface area contributed by atoms with Crippen LogP contribution in [0.2, 0.25) is 0 Å². The van der Waals surface area contributed by atoms with Gasteiger partial charge in [-0.2, -0.15) is 0 Å². The minimum atomic E-state index is -2.31. The van der Waals surface area contributed by atoms with Crippen molar-refractivity contribution in [2.45, 2.75) is 17.5 Å². The van der Waals surface area contributed by atoms with Crippen molar-refractivity contribution >= 4 is 17.7 Å². The molecule has 0 aliphatic rings. The lowest BCUT2D eigenvalue weighted by atomic mass is 9.98. The van der Waals surface area contributed by atoms with Crippen LogP contribution in [0.15, 0.2) is 29.2 Å². The van der Waals surface area contributed by atoms with Crippen molar-refractivity contribution < 1.29 is 14.3 Å². The van der Waals surface area contributed by atoms with E-state index in [1.165, 1.54) is 23.9 Å². The summed E-state index contributed by atoms with van der Waals surface area (Å²) < 4.78 is 13.6. The number of rotatable bonds is 3. The van der Waals surface area contributed by atoms with Crippen LogP contribution in [0.3, 0.4) is 0 Å². The molecule has 1 atom stereocenters. The third-order valence-electron chi connectivity index (χ3n) is 2.03. The highest BCUT2D eigenvalue weighted by atomic mass is 32.2. The van der Waals surface area contributed by atoms with Crippen molar-refractivity contribution in [3.05, 3.63) is 29.8 Å². The number of hydrogen-bond acceptors (Lipinski definition) is 2. The van der Waals surface area contributed by atoms with Gasteiger partial charge < -0.3 is 5.11 Å². The highest BCUT2D eigenvalue weighted by molar-refractivity contribution is 7.98. The van der Waals surface area contributed by atoms with Crippen LogP contribution < -0.4 is 0 Å². The number of aliphatic carboxylic acids is 1. The molecular formula is C10H11FO2S. The molecule has 0 saturated carbocycles. The predicted molar refractivity (Wildman–Crippen MR) is 54.3 cm³/mol. The van der Waals surface area contributed by atoms with Gasteiger partial charge in [-0.3, -0.25) is 0 Å². The molecule has 0 amide bonds. The van der Waals surface area contributed by atoms with Crippen LogP contribution >= 0.6 is 11.8 Å². The van der Waals surface area contributed by atoms with Gasteiger partial charge in [-0.05, 0) is 25.3 Å². The SMILES string of the molecule is CSc1ccc(C(C)(F)C(=O)O)cc1. The summed E-state index contributed by atoms with van der Waals surface area (Å²) in [4.78, 5) is 11.6. The first kappa shape index (κ1) is 11.0. The van der Waals surface area contributed by atoms with Gasteiger partial charge in [0.05, 0.1) is 0 Å². The fraction of sp³-hybridized carbons (Fsp3) is 0.300.